The van der Waals surface area contributed by atoms with Crippen molar-refractivity contribution in [3.05, 3.63) is 22.7 Å². The minimum absolute atomic E-state index is 0.341. The van der Waals surface area contributed by atoms with Crippen molar-refractivity contribution in [3.8, 4) is 11.4 Å². The summed E-state index contributed by atoms with van der Waals surface area (Å²) in [6, 6.07) is 2.00. The Balaban J connectivity index is 1.54. The van der Waals surface area contributed by atoms with Gasteiger partial charge in [-0.3, -0.25) is 4.90 Å². The van der Waals surface area contributed by atoms with Gasteiger partial charge in [-0.25, -0.2) is 0 Å². The Morgan fingerprint density at radius 2 is 2.40 bits per heavy atom. The molecule has 0 aliphatic carbocycles. The Hall–Kier alpha value is -1.24. The molecule has 5 nitrogen and oxygen atoms in total. The van der Waals surface area contributed by atoms with Crippen molar-refractivity contribution in [2.75, 3.05) is 20.2 Å². The van der Waals surface area contributed by atoms with Crippen molar-refractivity contribution < 1.29 is 9.26 Å². The van der Waals surface area contributed by atoms with Gasteiger partial charge in [0, 0.05) is 24.1 Å². The Labute approximate surface area is 122 Å². The van der Waals surface area contributed by atoms with E-state index in [1.54, 1.807) is 11.3 Å². The number of thiophene rings is 1. The van der Waals surface area contributed by atoms with Gasteiger partial charge in [-0.15, -0.1) is 0 Å². The standard InChI is InChI=1S/C14H19N3O2S/c1-17(8-12-4-2-3-6-18-12)9-13-15-14(16-19-13)11-5-7-20-10-11/h5,7,10,12H,2-4,6,8-9H2,1H3. The molecule has 1 aliphatic rings. The third kappa shape index (κ3) is 3.45. The van der Waals surface area contributed by atoms with Gasteiger partial charge in [0.15, 0.2) is 0 Å². The summed E-state index contributed by atoms with van der Waals surface area (Å²) in [5.74, 6) is 1.33. The normalized spacial score (nSPS) is 19.6. The molecule has 2 aromatic heterocycles. The molecule has 6 heteroatoms. The quantitative estimate of drug-likeness (QED) is 0.848. The lowest BCUT2D eigenvalue weighted by Crippen LogP contribution is -2.33. The third-order valence-electron chi connectivity index (χ3n) is 3.44. The Morgan fingerprint density at radius 3 is 3.15 bits per heavy atom. The molecule has 3 rings (SSSR count). The zero-order valence-corrected chi connectivity index (χ0v) is 12.4. The van der Waals surface area contributed by atoms with Crippen LogP contribution in [-0.2, 0) is 11.3 Å². The Morgan fingerprint density at radius 1 is 1.45 bits per heavy atom. The lowest BCUT2D eigenvalue weighted by Gasteiger charge is -2.26. The van der Waals surface area contributed by atoms with E-state index in [-0.39, 0.29) is 0 Å². The minimum atomic E-state index is 0.341. The van der Waals surface area contributed by atoms with Crippen LogP contribution in [0.4, 0.5) is 0 Å². The first-order chi connectivity index (χ1) is 9.81. The first-order valence-electron chi connectivity index (χ1n) is 6.96. The van der Waals surface area contributed by atoms with Gasteiger partial charge in [0.25, 0.3) is 0 Å². The van der Waals surface area contributed by atoms with Crippen molar-refractivity contribution >= 4 is 11.3 Å². The highest BCUT2D eigenvalue weighted by Crippen LogP contribution is 2.19. The molecule has 0 amide bonds. The van der Waals surface area contributed by atoms with E-state index in [0.717, 1.165) is 25.1 Å². The van der Waals surface area contributed by atoms with E-state index < -0.39 is 0 Å². The maximum absolute atomic E-state index is 5.74. The predicted octanol–water partition coefficient (Wildman–Crippen LogP) is 2.80. The van der Waals surface area contributed by atoms with Crippen LogP contribution in [0, 0.1) is 0 Å². The van der Waals surface area contributed by atoms with Gasteiger partial charge in [-0.2, -0.15) is 16.3 Å². The Kier molecular flexibility index (Phi) is 4.44. The largest absolute Gasteiger partial charge is 0.377 e. The molecular weight excluding hydrogens is 274 g/mol. The lowest BCUT2D eigenvalue weighted by atomic mass is 10.1. The van der Waals surface area contributed by atoms with Crippen molar-refractivity contribution in [3.63, 3.8) is 0 Å². The molecule has 1 fully saturated rings. The second-order valence-electron chi connectivity index (χ2n) is 5.21. The molecule has 0 N–H and O–H groups in total. The number of nitrogens with zero attached hydrogens (tertiary/aromatic N) is 3. The van der Waals surface area contributed by atoms with Crippen LogP contribution in [0.3, 0.4) is 0 Å². The number of hydrogen-bond acceptors (Lipinski definition) is 6. The van der Waals surface area contributed by atoms with Gasteiger partial charge >= 0.3 is 0 Å². The second-order valence-corrected chi connectivity index (χ2v) is 5.99. The van der Waals surface area contributed by atoms with Crippen LogP contribution in [0.15, 0.2) is 21.3 Å². The smallest absolute Gasteiger partial charge is 0.241 e. The van der Waals surface area contributed by atoms with Crippen LogP contribution < -0.4 is 0 Å². The van der Waals surface area contributed by atoms with Crippen molar-refractivity contribution in [1.82, 2.24) is 15.0 Å². The van der Waals surface area contributed by atoms with Gasteiger partial charge in [-0.1, -0.05) is 5.16 Å². The van der Waals surface area contributed by atoms with Crippen LogP contribution in [0.1, 0.15) is 25.2 Å². The molecule has 2 aromatic rings. The fourth-order valence-corrected chi connectivity index (χ4v) is 3.06. The SMILES string of the molecule is CN(Cc1nc(-c2ccsc2)no1)CC1CCCCO1. The van der Waals surface area contributed by atoms with Crippen molar-refractivity contribution in [2.45, 2.75) is 31.9 Å². The number of aromatic nitrogens is 2. The van der Waals surface area contributed by atoms with E-state index in [1.807, 2.05) is 16.8 Å². The second kappa shape index (κ2) is 6.47. The third-order valence-corrected chi connectivity index (χ3v) is 4.13. The van der Waals surface area contributed by atoms with Gasteiger partial charge in [0.05, 0.1) is 12.6 Å². The van der Waals surface area contributed by atoms with E-state index >= 15 is 0 Å². The molecule has 1 saturated heterocycles. The van der Waals surface area contributed by atoms with E-state index in [9.17, 15) is 0 Å². The minimum Gasteiger partial charge on any atom is -0.377 e. The number of rotatable bonds is 5. The summed E-state index contributed by atoms with van der Waals surface area (Å²) in [4.78, 5) is 6.61. The van der Waals surface area contributed by atoms with E-state index in [1.165, 1.54) is 12.8 Å². The molecule has 20 heavy (non-hydrogen) atoms. The molecule has 0 bridgehead atoms. The maximum Gasteiger partial charge on any atom is 0.241 e. The van der Waals surface area contributed by atoms with Gasteiger partial charge in [-0.05, 0) is 37.8 Å². The molecule has 0 spiro atoms. The molecular formula is C14H19N3O2S. The number of hydrogen-bond donors (Lipinski definition) is 0. The Bertz CT molecular complexity index is 520. The zero-order chi connectivity index (χ0) is 13.8. The van der Waals surface area contributed by atoms with Crippen LogP contribution in [0.5, 0.6) is 0 Å². The number of ether oxygens (including phenoxy) is 1. The summed E-state index contributed by atoms with van der Waals surface area (Å²) >= 11 is 1.63. The zero-order valence-electron chi connectivity index (χ0n) is 11.6. The lowest BCUT2D eigenvalue weighted by molar-refractivity contribution is -0.00382. The highest BCUT2D eigenvalue weighted by molar-refractivity contribution is 7.08. The monoisotopic (exact) mass is 293 g/mol. The van der Waals surface area contributed by atoms with Crippen LogP contribution in [0.25, 0.3) is 11.4 Å². The van der Waals surface area contributed by atoms with Crippen LogP contribution >= 0.6 is 11.3 Å². The first kappa shape index (κ1) is 13.7. The molecule has 1 atom stereocenters. The van der Waals surface area contributed by atoms with Gasteiger partial charge < -0.3 is 9.26 Å². The average Bonchev–Trinajstić information content (AvgIpc) is 3.10. The highest BCUT2D eigenvalue weighted by Gasteiger charge is 2.17. The summed E-state index contributed by atoms with van der Waals surface area (Å²) in [6.45, 7) is 2.47. The molecule has 0 radical (unpaired) electrons. The summed E-state index contributed by atoms with van der Waals surface area (Å²) in [5.41, 5.74) is 1.02. The highest BCUT2D eigenvalue weighted by atomic mass is 32.1. The summed E-state index contributed by atoms with van der Waals surface area (Å²) in [5, 5.41) is 8.06. The molecule has 1 unspecified atom stereocenters. The number of likely N-dealkylation sites (N-methyl/N-ethyl adjacent to an activating group) is 1. The van der Waals surface area contributed by atoms with E-state index in [2.05, 4.69) is 22.1 Å². The maximum atomic E-state index is 5.74. The molecule has 0 saturated carbocycles. The first-order valence-corrected chi connectivity index (χ1v) is 7.91. The van der Waals surface area contributed by atoms with E-state index in [4.69, 9.17) is 9.26 Å². The molecule has 0 aromatic carbocycles. The van der Waals surface area contributed by atoms with E-state index in [0.29, 0.717) is 24.4 Å². The summed E-state index contributed by atoms with van der Waals surface area (Å²) < 4.78 is 11.1. The topological polar surface area (TPSA) is 51.4 Å². The summed E-state index contributed by atoms with van der Waals surface area (Å²) in [7, 11) is 2.06. The van der Waals surface area contributed by atoms with Crippen molar-refractivity contribution in [1.29, 1.82) is 0 Å². The fourth-order valence-electron chi connectivity index (χ4n) is 2.42. The molecule has 1 aliphatic heterocycles. The molecule has 3 heterocycles. The van der Waals surface area contributed by atoms with Gasteiger partial charge in [0.2, 0.25) is 11.7 Å². The molecule has 108 valence electrons. The van der Waals surface area contributed by atoms with Crippen LogP contribution in [0.2, 0.25) is 0 Å². The fraction of sp³-hybridized carbons (Fsp3) is 0.571. The van der Waals surface area contributed by atoms with Crippen molar-refractivity contribution in [2.24, 2.45) is 0 Å². The predicted molar refractivity (Wildman–Crippen MR) is 77.5 cm³/mol. The van der Waals surface area contributed by atoms with Crippen LogP contribution in [-0.4, -0.2) is 41.3 Å². The van der Waals surface area contributed by atoms with Gasteiger partial charge in [0.1, 0.15) is 0 Å². The average molecular weight is 293 g/mol. The summed E-state index contributed by atoms with van der Waals surface area (Å²) in [6.07, 6.45) is 3.94.